The van der Waals surface area contributed by atoms with Crippen LogP contribution in [0.3, 0.4) is 0 Å². The van der Waals surface area contributed by atoms with E-state index in [1.807, 2.05) is 24.4 Å². The fourth-order valence-electron chi connectivity index (χ4n) is 1.75. The van der Waals surface area contributed by atoms with Gasteiger partial charge in [0, 0.05) is 15.9 Å². The minimum atomic E-state index is -0.357. The molecular weight excluding hydrogens is 329 g/mol. The molecule has 2 nitrogen and oxygen atoms in total. The molecule has 0 saturated carbocycles. The van der Waals surface area contributed by atoms with Crippen LogP contribution >= 0.6 is 27.3 Å². The van der Waals surface area contributed by atoms with E-state index in [4.69, 9.17) is 0 Å². The van der Waals surface area contributed by atoms with E-state index in [1.165, 1.54) is 18.2 Å². The molecule has 0 aliphatic heterocycles. The topological polar surface area (TPSA) is 20.3 Å². The van der Waals surface area contributed by atoms with Crippen molar-refractivity contribution in [3.8, 4) is 0 Å². The summed E-state index contributed by atoms with van der Waals surface area (Å²) < 4.78 is 13.5. The summed E-state index contributed by atoms with van der Waals surface area (Å²) in [5.41, 5.74) is 0.486. The molecule has 0 bridgehead atoms. The quantitative estimate of drug-likeness (QED) is 0.811. The molecule has 1 aromatic heterocycles. The first-order chi connectivity index (χ1) is 9.11. The zero-order valence-corrected chi connectivity index (χ0v) is 12.8. The summed E-state index contributed by atoms with van der Waals surface area (Å²) in [6, 6.07) is 8.09. The molecule has 0 atom stereocenters. The summed E-state index contributed by atoms with van der Waals surface area (Å²) in [4.78, 5) is 15.3. The molecule has 2 aromatic rings. The second kappa shape index (κ2) is 6.30. The van der Waals surface area contributed by atoms with Crippen LogP contribution in [0.4, 0.5) is 4.39 Å². The van der Waals surface area contributed by atoms with Crippen molar-refractivity contribution in [2.24, 2.45) is 0 Å². The molecule has 2 rings (SSSR count). The summed E-state index contributed by atoms with van der Waals surface area (Å²) in [5.74, 6) is -0.451. The number of benzene rings is 1. The highest BCUT2D eigenvalue weighted by atomic mass is 79.9. The zero-order valence-electron chi connectivity index (χ0n) is 10.4. The Kier molecular flexibility index (Phi) is 4.71. The molecule has 1 amide bonds. The van der Waals surface area contributed by atoms with Gasteiger partial charge >= 0.3 is 0 Å². The largest absolute Gasteiger partial charge is 0.334 e. The first-order valence-electron chi connectivity index (χ1n) is 5.88. The molecule has 0 N–H and O–H groups in total. The minimum Gasteiger partial charge on any atom is -0.334 e. The second-order valence-corrected chi connectivity index (χ2v) is 5.91. The van der Waals surface area contributed by atoms with E-state index in [0.717, 1.165) is 4.88 Å². The van der Waals surface area contributed by atoms with Gasteiger partial charge in [-0.15, -0.1) is 11.3 Å². The van der Waals surface area contributed by atoms with E-state index in [9.17, 15) is 9.18 Å². The molecule has 0 radical (unpaired) electrons. The van der Waals surface area contributed by atoms with Crippen LogP contribution in [0.5, 0.6) is 0 Å². The van der Waals surface area contributed by atoms with Crippen LogP contribution < -0.4 is 0 Å². The lowest BCUT2D eigenvalue weighted by molar-refractivity contribution is 0.0753. The van der Waals surface area contributed by atoms with Gasteiger partial charge in [-0.05, 0) is 52.5 Å². The molecule has 0 unspecified atom stereocenters. The van der Waals surface area contributed by atoms with E-state index in [1.54, 1.807) is 16.2 Å². The van der Waals surface area contributed by atoms with Gasteiger partial charge in [-0.3, -0.25) is 4.79 Å². The maximum atomic E-state index is 13.0. The van der Waals surface area contributed by atoms with Gasteiger partial charge in [0.25, 0.3) is 5.91 Å². The van der Waals surface area contributed by atoms with Gasteiger partial charge in [0.15, 0.2) is 0 Å². The van der Waals surface area contributed by atoms with Crippen LogP contribution in [0, 0.1) is 5.82 Å². The number of halogens is 2. The van der Waals surface area contributed by atoms with E-state index in [2.05, 4.69) is 15.9 Å². The normalized spacial score (nSPS) is 10.5. The van der Waals surface area contributed by atoms with E-state index >= 15 is 0 Å². The Labute approximate surface area is 124 Å². The van der Waals surface area contributed by atoms with Crippen molar-refractivity contribution in [3.05, 3.63) is 56.4 Å². The summed E-state index contributed by atoms with van der Waals surface area (Å²) in [7, 11) is 0. The fraction of sp³-hybridized carbons (Fsp3) is 0.214. The highest BCUT2D eigenvalue weighted by Crippen LogP contribution is 2.21. The summed E-state index contributed by atoms with van der Waals surface area (Å²) in [6.45, 7) is 3.13. The number of rotatable bonds is 4. The molecule has 5 heteroatoms. The van der Waals surface area contributed by atoms with Crippen molar-refractivity contribution >= 4 is 33.2 Å². The maximum absolute atomic E-state index is 13.0. The van der Waals surface area contributed by atoms with Crippen LogP contribution in [0.15, 0.2) is 40.2 Å². The predicted octanol–water partition coefficient (Wildman–Crippen LogP) is 4.31. The van der Waals surface area contributed by atoms with Crippen LogP contribution in [-0.2, 0) is 6.54 Å². The van der Waals surface area contributed by atoms with Crippen molar-refractivity contribution < 1.29 is 9.18 Å². The van der Waals surface area contributed by atoms with Crippen LogP contribution in [0.25, 0.3) is 0 Å². The lowest BCUT2D eigenvalue weighted by Gasteiger charge is -2.20. The zero-order chi connectivity index (χ0) is 13.8. The third kappa shape index (κ3) is 3.42. The summed E-state index contributed by atoms with van der Waals surface area (Å²) in [6.07, 6.45) is 0. The number of carbonyl (C=O) groups excluding carboxylic acids is 1. The van der Waals surface area contributed by atoms with Gasteiger partial charge in [0.2, 0.25) is 0 Å². The number of nitrogens with zero attached hydrogens (tertiary/aromatic N) is 1. The smallest absolute Gasteiger partial charge is 0.255 e. The van der Waals surface area contributed by atoms with Crippen molar-refractivity contribution in [2.75, 3.05) is 6.54 Å². The SMILES string of the molecule is CCN(Cc1cccs1)C(=O)c1ccc(F)cc1Br. The third-order valence-corrected chi connectivity index (χ3v) is 4.27. The molecule has 1 heterocycles. The monoisotopic (exact) mass is 341 g/mol. The van der Waals surface area contributed by atoms with Crippen molar-refractivity contribution in [3.63, 3.8) is 0 Å². The lowest BCUT2D eigenvalue weighted by atomic mass is 10.2. The fourth-order valence-corrected chi connectivity index (χ4v) is 2.99. The standard InChI is InChI=1S/C14H13BrFNOS/c1-2-17(9-11-4-3-7-19-11)14(18)12-6-5-10(16)8-13(12)15/h3-8H,2,9H2,1H3. The second-order valence-electron chi connectivity index (χ2n) is 4.02. The molecule has 1 aromatic carbocycles. The molecular formula is C14H13BrFNOS. The summed E-state index contributed by atoms with van der Waals surface area (Å²) in [5, 5.41) is 1.99. The Morgan fingerprint density at radius 3 is 2.79 bits per heavy atom. The average molecular weight is 342 g/mol. The van der Waals surface area contributed by atoms with Gasteiger partial charge < -0.3 is 4.90 Å². The molecule has 19 heavy (non-hydrogen) atoms. The van der Waals surface area contributed by atoms with E-state index in [0.29, 0.717) is 23.1 Å². The highest BCUT2D eigenvalue weighted by Gasteiger charge is 2.17. The minimum absolute atomic E-state index is 0.0947. The number of thiophene rings is 1. The number of hydrogen-bond acceptors (Lipinski definition) is 2. The van der Waals surface area contributed by atoms with E-state index < -0.39 is 0 Å². The first-order valence-corrected chi connectivity index (χ1v) is 7.55. The van der Waals surface area contributed by atoms with Crippen LogP contribution in [0.2, 0.25) is 0 Å². The van der Waals surface area contributed by atoms with Gasteiger partial charge in [-0.2, -0.15) is 0 Å². The third-order valence-electron chi connectivity index (χ3n) is 2.76. The molecule has 0 spiro atoms. The Morgan fingerprint density at radius 1 is 1.42 bits per heavy atom. The molecule has 0 aliphatic rings. The average Bonchev–Trinajstić information content (AvgIpc) is 2.88. The Bertz CT molecular complexity index is 571. The van der Waals surface area contributed by atoms with Crippen molar-refractivity contribution in [1.29, 1.82) is 0 Å². The number of carbonyl (C=O) groups is 1. The van der Waals surface area contributed by atoms with Gasteiger partial charge in [-0.25, -0.2) is 4.39 Å². The Hall–Kier alpha value is -1.20. The molecule has 0 saturated heterocycles. The maximum Gasteiger partial charge on any atom is 0.255 e. The Morgan fingerprint density at radius 2 is 2.21 bits per heavy atom. The lowest BCUT2D eigenvalue weighted by Crippen LogP contribution is -2.30. The van der Waals surface area contributed by atoms with Gasteiger partial charge in [0.05, 0.1) is 12.1 Å². The molecule has 0 fully saturated rings. The van der Waals surface area contributed by atoms with Crippen LogP contribution in [0.1, 0.15) is 22.2 Å². The van der Waals surface area contributed by atoms with Crippen molar-refractivity contribution in [1.82, 2.24) is 4.90 Å². The summed E-state index contributed by atoms with van der Waals surface area (Å²) >= 11 is 4.86. The van der Waals surface area contributed by atoms with Crippen LogP contribution in [-0.4, -0.2) is 17.4 Å². The van der Waals surface area contributed by atoms with Gasteiger partial charge in [-0.1, -0.05) is 6.07 Å². The van der Waals surface area contributed by atoms with Gasteiger partial charge in [0.1, 0.15) is 5.82 Å². The molecule has 100 valence electrons. The van der Waals surface area contributed by atoms with Crippen molar-refractivity contribution in [2.45, 2.75) is 13.5 Å². The highest BCUT2D eigenvalue weighted by molar-refractivity contribution is 9.10. The Balaban J connectivity index is 2.20. The predicted molar refractivity (Wildman–Crippen MR) is 78.8 cm³/mol. The number of hydrogen-bond donors (Lipinski definition) is 0. The van der Waals surface area contributed by atoms with E-state index in [-0.39, 0.29) is 11.7 Å². The molecule has 0 aliphatic carbocycles. The number of amides is 1. The first kappa shape index (κ1) is 14.2.